The molecule has 1 fully saturated rings. The number of hydrogen-bond acceptors (Lipinski definition) is 4. The molecule has 1 aliphatic heterocycles. The molecule has 0 atom stereocenters. The third-order valence-corrected chi connectivity index (χ3v) is 5.53. The van der Waals surface area contributed by atoms with E-state index in [1.54, 1.807) is 12.3 Å². The van der Waals surface area contributed by atoms with Crippen molar-refractivity contribution in [3.8, 4) is 0 Å². The highest BCUT2D eigenvalue weighted by Crippen LogP contribution is 2.29. The molecule has 1 aliphatic rings. The van der Waals surface area contributed by atoms with Gasteiger partial charge in [0.2, 0.25) is 5.91 Å². The van der Waals surface area contributed by atoms with Crippen molar-refractivity contribution in [3.63, 3.8) is 0 Å². The second-order valence-electron chi connectivity index (χ2n) is 5.55. The van der Waals surface area contributed by atoms with Crippen molar-refractivity contribution in [2.24, 2.45) is 0 Å². The number of halogens is 2. The van der Waals surface area contributed by atoms with Gasteiger partial charge in [0.15, 0.2) is 5.13 Å². The van der Waals surface area contributed by atoms with Crippen LogP contribution in [0.1, 0.15) is 23.3 Å². The Bertz CT molecular complexity index is 698. The lowest BCUT2D eigenvalue weighted by molar-refractivity contribution is -0.117. The van der Waals surface area contributed by atoms with Gasteiger partial charge in [0.25, 0.3) is 0 Å². The maximum absolute atomic E-state index is 12.0. The van der Waals surface area contributed by atoms with Crippen LogP contribution in [0.15, 0.2) is 24.4 Å². The molecule has 23 heavy (non-hydrogen) atoms. The van der Waals surface area contributed by atoms with Crippen molar-refractivity contribution in [1.82, 2.24) is 9.88 Å². The van der Waals surface area contributed by atoms with Crippen molar-refractivity contribution in [3.05, 3.63) is 44.9 Å². The quantitative estimate of drug-likeness (QED) is 0.863. The molecule has 1 N–H and O–H groups in total. The van der Waals surface area contributed by atoms with E-state index >= 15 is 0 Å². The first-order chi connectivity index (χ1) is 11.1. The summed E-state index contributed by atoms with van der Waals surface area (Å²) in [5, 5.41) is 4.62. The monoisotopic (exact) mass is 369 g/mol. The summed E-state index contributed by atoms with van der Waals surface area (Å²) in [7, 11) is 0. The predicted molar refractivity (Wildman–Crippen MR) is 95.7 cm³/mol. The second-order valence-corrected chi connectivity index (χ2v) is 7.45. The average molecular weight is 370 g/mol. The molecule has 2 heterocycles. The molecule has 122 valence electrons. The maximum Gasteiger partial charge on any atom is 0.240 e. The van der Waals surface area contributed by atoms with E-state index in [0.717, 1.165) is 23.5 Å². The topological polar surface area (TPSA) is 45.2 Å². The number of amides is 1. The van der Waals surface area contributed by atoms with Gasteiger partial charge in [0, 0.05) is 17.5 Å². The van der Waals surface area contributed by atoms with Crippen molar-refractivity contribution >= 4 is 45.6 Å². The Morgan fingerprint density at radius 2 is 2.09 bits per heavy atom. The van der Waals surface area contributed by atoms with Crippen LogP contribution in [0.5, 0.6) is 0 Å². The fourth-order valence-corrected chi connectivity index (χ4v) is 3.86. The standard InChI is InChI=1S/C16H17Cl2N3OS/c17-13-5-3-4-11(15(13)18)8-12-9-19-16(23-12)20-14(22)10-21-6-1-2-7-21/h3-5,9H,1-2,6-8,10H2,(H,19,20,22). The first kappa shape index (κ1) is 16.7. The largest absolute Gasteiger partial charge is 0.301 e. The first-order valence-corrected chi connectivity index (χ1v) is 9.09. The Kier molecular flexibility index (Phi) is 5.54. The summed E-state index contributed by atoms with van der Waals surface area (Å²) >= 11 is 13.7. The van der Waals surface area contributed by atoms with Crippen LogP contribution >= 0.6 is 34.5 Å². The second kappa shape index (κ2) is 7.62. The minimum absolute atomic E-state index is 0.00594. The number of carbonyl (C=O) groups is 1. The van der Waals surface area contributed by atoms with Crippen molar-refractivity contribution in [2.75, 3.05) is 25.0 Å². The van der Waals surface area contributed by atoms with Crippen LogP contribution in [0.3, 0.4) is 0 Å². The molecule has 7 heteroatoms. The normalized spacial score (nSPS) is 15.0. The Morgan fingerprint density at radius 3 is 2.87 bits per heavy atom. The number of benzene rings is 1. The Hall–Kier alpha value is -1.14. The average Bonchev–Trinajstić information content (AvgIpc) is 3.16. The molecule has 2 aromatic rings. The fraction of sp³-hybridized carbons (Fsp3) is 0.375. The van der Waals surface area contributed by atoms with Gasteiger partial charge in [-0.3, -0.25) is 9.69 Å². The molecule has 3 rings (SSSR count). The smallest absolute Gasteiger partial charge is 0.240 e. The fourth-order valence-electron chi connectivity index (χ4n) is 2.62. The molecule has 1 aromatic heterocycles. The first-order valence-electron chi connectivity index (χ1n) is 7.51. The SMILES string of the molecule is O=C(CN1CCCC1)Nc1ncc(Cc2cccc(Cl)c2Cl)s1. The molecule has 4 nitrogen and oxygen atoms in total. The lowest BCUT2D eigenvalue weighted by Gasteiger charge is -2.12. The highest BCUT2D eigenvalue weighted by atomic mass is 35.5. The minimum Gasteiger partial charge on any atom is -0.301 e. The van der Waals surface area contributed by atoms with E-state index in [1.807, 2.05) is 12.1 Å². The highest BCUT2D eigenvalue weighted by molar-refractivity contribution is 7.15. The number of nitrogens with zero attached hydrogens (tertiary/aromatic N) is 2. The van der Waals surface area contributed by atoms with Crippen LogP contribution in [-0.4, -0.2) is 35.4 Å². The van der Waals surface area contributed by atoms with E-state index in [0.29, 0.717) is 28.1 Å². The summed E-state index contributed by atoms with van der Waals surface area (Å²) in [6.45, 7) is 2.45. The van der Waals surface area contributed by atoms with E-state index < -0.39 is 0 Å². The third-order valence-electron chi connectivity index (χ3n) is 3.76. The Balaban J connectivity index is 1.59. The number of hydrogen-bond donors (Lipinski definition) is 1. The zero-order valence-electron chi connectivity index (χ0n) is 12.5. The summed E-state index contributed by atoms with van der Waals surface area (Å²) in [6, 6.07) is 5.59. The van der Waals surface area contributed by atoms with Crippen molar-refractivity contribution < 1.29 is 4.79 Å². The summed E-state index contributed by atoms with van der Waals surface area (Å²) in [4.78, 5) is 19.5. The molecule has 0 spiro atoms. The van der Waals surface area contributed by atoms with Crippen molar-refractivity contribution in [1.29, 1.82) is 0 Å². The molecule has 1 saturated heterocycles. The Morgan fingerprint density at radius 1 is 1.30 bits per heavy atom. The van der Waals surface area contributed by atoms with Crippen LogP contribution in [0, 0.1) is 0 Å². The van der Waals surface area contributed by atoms with Crippen LogP contribution in [0.25, 0.3) is 0 Å². The van der Waals surface area contributed by atoms with Gasteiger partial charge in [-0.05, 0) is 37.6 Å². The molecular weight excluding hydrogens is 353 g/mol. The number of rotatable bonds is 5. The Labute approximate surface area is 149 Å². The van der Waals surface area contributed by atoms with E-state index in [1.165, 1.54) is 24.2 Å². The summed E-state index contributed by atoms with van der Waals surface area (Å²) in [6.07, 6.45) is 4.77. The summed E-state index contributed by atoms with van der Waals surface area (Å²) in [5.41, 5.74) is 0.956. The lowest BCUT2D eigenvalue weighted by atomic mass is 10.1. The van der Waals surface area contributed by atoms with E-state index in [9.17, 15) is 4.79 Å². The third kappa shape index (κ3) is 4.44. The van der Waals surface area contributed by atoms with Gasteiger partial charge < -0.3 is 5.32 Å². The number of thiazole rings is 1. The zero-order chi connectivity index (χ0) is 16.2. The molecule has 0 aliphatic carbocycles. The predicted octanol–water partition coefficient (Wildman–Crippen LogP) is 4.08. The number of anilines is 1. The number of likely N-dealkylation sites (tertiary alicyclic amines) is 1. The van der Waals surface area contributed by atoms with Gasteiger partial charge in [0.1, 0.15) is 0 Å². The number of carbonyl (C=O) groups excluding carboxylic acids is 1. The van der Waals surface area contributed by atoms with Gasteiger partial charge in [-0.1, -0.05) is 35.3 Å². The van der Waals surface area contributed by atoms with Gasteiger partial charge in [-0.25, -0.2) is 4.98 Å². The van der Waals surface area contributed by atoms with Crippen molar-refractivity contribution in [2.45, 2.75) is 19.3 Å². The molecule has 0 saturated carbocycles. The van der Waals surface area contributed by atoms with Crippen LogP contribution < -0.4 is 5.32 Å². The summed E-state index contributed by atoms with van der Waals surface area (Å²) in [5.74, 6) is -0.00594. The van der Waals surface area contributed by atoms with E-state index in [4.69, 9.17) is 23.2 Å². The van der Waals surface area contributed by atoms with Gasteiger partial charge in [-0.2, -0.15) is 0 Å². The number of aromatic nitrogens is 1. The van der Waals surface area contributed by atoms with E-state index in [2.05, 4.69) is 15.2 Å². The molecule has 0 unspecified atom stereocenters. The van der Waals surface area contributed by atoms with Gasteiger partial charge in [-0.15, -0.1) is 11.3 Å². The highest BCUT2D eigenvalue weighted by Gasteiger charge is 2.16. The molecule has 1 aromatic carbocycles. The van der Waals surface area contributed by atoms with Gasteiger partial charge in [0.05, 0.1) is 16.6 Å². The minimum atomic E-state index is -0.00594. The lowest BCUT2D eigenvalue weighted by Crippen LogP contribution is -2.30. The van der Waals surface area contributed by atoms with Gasteiger partial charge >= 0.3 is 0 Å². The zero-order valence-corrected chi connectivity index (χ0v) is 14.8. The molecule has 0 bridgehead atoms. The number of nitrogens with one attached hydrogen (secondary N) is 1. The van der Waals surface area contributed by atoms with Crippen LogP contribution in [0.2, 0.25) is 10.0 Å². The molecule has 1 amide bonds. The van der Waals surface area contributed by atoms with Crippen LogP contribution in [-0.2, 0) is 11.2 Å². The van der Waals surface area contributed by atoms with Crippen LogP contribution in [0.4, 0.5) is 5.13 Å². The van der Waals surface area contributed by atoms with E-state index in [-0.39, 0.29) is 5.91 Å². The maximum atomic E-state index is 12.0. The molecular formula is C16H17Cl2N3OS. The molecule has 0 radical (unpaired) electrons. The summed E-state index contributed by atoms with van der Waals surface area (Å²) < 4.78 is 0.